The summed E-state index contributed by atoms with van der Waals surface area (Å²) in [6.45, 7) is 7.26. The van der Waals surface area contributed by atoms with Gasteiger partial charge in [0, 0.05) is 31.9 Å². The summed E-state index contributed by atoms with van der Waals surface area (Å²) >= 11 is 0. The maximum absolute atomic E-state index is 13.6. The zero-order chi connectivity index (χ0) is 26.6. The van der Waals surface area contributed by atoms with Crippen LogP contribution >= 0.6 is 0 Å². The number of nitrogens with two attached hydrogens (primary N) is 1. The number of benzene rings is 1. The van der Waals surface area contributed by atoms with E-state index >= 15 is 0 Å². The lowest BCUT2D eigenvalue weighted by Crippen LogP contribution is -2.44. The molecule has 1 aromatic carbocycles. The van der Waals surface area contributed by atoms with E-state index in [4.69, 9.17) is 10.5 Å². The molecule has 2 saturated heterocycles. The molecule has 0 aliphatic carbocycles. The Morgan fingerprint density at radius 1 is 1.13 bits per heavy atom. The van der Waals surface area contributed by atoms with Gasteiger partial charge in [0.25, 0.3) is 0 Å². The van der Waals surface area contributed by atoms with Gasteiger partial charge >= 0.3 is 11.8 Å². The van der Waals surface area contributed by atoms with Crippen LogP contribution in [0.25, 0.3) is 10.9 Å². The lowest BCUT2D eigenvalue weighted by molar-refractivity contribution is -0.145. The number of hydrogen-bond donors (Lipinski definition) is 2. The second-order valence-corrected chi connectivity index (χ2v) is 9.96. The monoisotopic (exact) mass is 519 g/mol. The van der Waals surface area contributed by atoms with Crippen LogP contribution in [0.1, 0.15) is 70.2 Å². The number of aromatic nitrogens is 3. The average molecular weight is 520 g/mol. The summed E-state index contributed by atoms with van der Waals surface area (Å²) in [5, 5.41) is 7.93. The Bertz CT molecular complexity index is 1300. The molecular formula is C28H37N7O3. The fourth-order valence-electron chi connectivity index (χ4n) is 5.65. The number of amides is 2. The highest BCUT2D eigenvalue weighted by Crippen LogP contribution is 2.34. The van der Waals surface area contributed by atoms with E-state index in [1.54, 1.807) is 15.8 Å². The van der Waals surface area contributed by atoms with E-state index in [1.165, 1.54) is 6.20 Å². The van der Waals surface area contributed by atoms with Crippen molar-refractivity contribution in [2.75, 3.05) is 42.2 Å². The maximum Gasteiger partial charge on any atom is 0.314 e. The highest BCUT2D eigenvalue weighted by atomic mass is 16.5. The summed E-state index contributed by atoms with van der Waals surface area (Å²) in [7, 11) is 0. The summed E-state index contributed by atoms with van der Waals surface area (Å²) in [6, 6.07) is 8.18. The predicted octanol–water partition coefficient (Wildman–Crippen LogP) is 4.25. The normalized spacial score (nSPS) is 19.9. The van der Waals surface area contributed by atoms with E-state index in [2.05, 4.69) is 52.3 Å². The molecule has 4 heterocycles. The lowest BCUT2D eigenvalue weighted by Gasteiger charge is -2.36. The van der Waals surface area contributed by atoms with Crippen LogP contribution in [-0.2, 0) is 14.3 Å². The Kier molecular flexibility index (Phi) is 7.78. The number of nitrogen functional groups attached to an aromatic ring is 1. The number of rotatable bonds is 6. The molecule has 0 bridgehead atoms. The first kappa shape index (κ1) is 26.0. The number of fused-ring (bicyclic) bond motifs is 1. The first-order chi connectivity index (χ1) is 18.5. The highest BCUT2D eigenvalue weighted by Gasteiger charge is 2.33. The molecule has 3 N–H and O–H groups in total. The lowest BCUT2D eigenvalue weighted by atomic mass is 9.94. The SMILES string of the molecule is CCN(CC)c1cccc(C2CCCCN2C(=O)C(=O)Nc2cnc(N)c3cnn(C4CCCCO4)c23)c1. The third-order valence-corrected chi connectivity index (χ3v) is 7.68. The third-order valence-electron chi connectivity index (χ3n) is 7.68. The molecule has 202 valence electrons. The average Bonchev–Trinajstić information content (AvgIpc) is 3.42. The number of piperidine rings is 1. The third kappa shape index (κ3) is 5.05. The number of pyridine rings is 1. The summed E-state index contributed by atoms with van der Waals surface area (Å²) in [4.78, 5) is 35.1. The highest BCUT2D eigenvalue weighted by molar-refractivity contribution is 6.40. The molecular weight excluding hydrogens is 482 g/mol. The maximum atomic E-state index is 13.6. The second-order valence-electron chi connectivity index (χ2n) is 9.96. The van der Waals surface area contributed by atoms with Crippen molar-refractivity contribution in [2.24, 2.45) is 0 Å². The largest absolute Gasteiger partial charge is 0.383 e. The van der Waals surface area contributed by atoms with Gasteiger partial charge in [-0.3, -0.25) is 9.59 Å². The first-order valence-electron chi connectivity index (χ1n) is 13.7. The molecule has 0 radical (unpaired) electrons. The molecule has 2 aliphatic rings. The number of ether oxygens (including phenoxy) is 1. The van der Waals surface area contributed by atoms with Gasteiger partial charge in [-0.25, -0.2) is 9.67 Å². The van der Waals surface area contributed by atoms with Crippen LogP contribution in [0.4, 0.5) is 17.2 Å². The van der Waals surface area contributed by atoms with Crippen molar-refractivity contribution in [1.29, 1.82) is 0 Å². The molecule has 38 heavy (non-hydrogen) atoms. The minimum absolute atomic E-state index is 0.150. The number of carbonyl (C=O) groups is 2. The summed E-state index contributed by atoms with van der Waals surface area (Å²) in [5.74, 6) is -0.926. The van der Waals surface area contributed by atoms with Crippen molar-refractivity contribution >= 4 is 39.9 Å². The fraction of sp³-hybridized carbons (Fsp3) is 0.500. The second kappa shape index (κ2) is 11.4. The number of nitrogens with zero attached hydrogens (tertiary/aromatic N) is 5. The molecule has 2 aromatic heterocycles. The van der Waals surface area contributed by atoms with Crippen LogP contribution in [0.2, 0.25) is 0 Å². The zero-order valence-electron chi connectivity index (χ0n) is 22.2. The van der Waals surface area contributed by atoms with Crippen LogP contribution in [0, 0.1) is 0 Å². The Morgan fingerprint density at radius 2 is 1.95 bits per heavy atom. The van der Waals surface area contributed by atoms with E-state index < -0.39 is 11.8 Å². The van der Waals surface area contributed by atoms with Gasteiger partial charge in [-0.1, -0.05) is 12.1 Å². The van der Waals surface area contributed by atoms with Gasteiger partial charge in [-0.2, -0.15) is 5.10 Å². The number of carbonyl (C=O) groups excluding carboxylic acids is 2. The van der Waals surface area contributed by atoms with Crippen molar-refractivity contribution in [3.8, 4) is 0 Å². The number of likely N-dealkylation sites (tertiary alicyclic amines) is 1. The van der Waals surface area contributed by atoms with Crippen molar-refractivity contribution in [2.45, 2.75) is 64.6 Å². The van der Waals surface area contributed by atoms with E-state index in [9.17, 15) is 9.59 Å². The van der Waals surface area contributed by atoms with Crippen LogP contribution in [0.3, 0.4) is 0 Å². The molecule has 10 nitrogen and oxygen atoms in total. The van der Waals surface area contributed by atoms with Gasteiger partial charge in [0.05, 0.1) is 29.5 Å². The Labute approximate surface area is 223 Å². The topological polar surface area (TPSA) is 119 Å². The molecule has 2 fully saturated rings. The van der Waals surface area contributed by atoms with E-state index in [0.29, 0.717) is 35.6 Å². The molecule has 2 unspecified atom stereocenters. The van der Waals surface area contributed by atoms with Gasteiger partial charge < -0.3 is 25.6 Å². The fourth-order valence-corrected chi connectivity index (χ4v) is 5.65. The van der Waals surface area contributed by atoms with Gasteiger partial charge in [0.2, 0.25) is 0 Å². The Balaban J connectivity index is 1.40. The molecule has 2 aliphatic heterocycles. The summed E-state index contributed by atoms with van der Waals surface area (Å²) in [5.41, 5.74) is 9.32. The van der Waals surface area contributed by atoms with Crippen molar-refractivity contribution in [3.05, 3.63) is 42.2 Å². The van der Waals surface area contributed by atoms with Gasteiger partial charge in [0.15, 0.2) is 6.23 Å². The molecule has 3 aromatic rings. The number of anilines is 3. The van der Waals surface area contributed by atoms with E-state index in [0.717, 1.165) is 62.9 Å². The van der Waals surface area contributed by atoms with Crippen molar-refractivity contribution in [1.82, 2.24) is 19.7 Å². The van der Waals surface area contributed by atoms with Gasteiger partial charge in [0.1, 0.15) is 11.3 Å². The van der Waals surface area contributed by atoms with E-state index in [-0.39, 0.29) is 12.3 Å². The first-order valence-corrected chi connectivity index (χ1v) is 13.7. The molecule has 2 amide bonds. The van der Waals surface area contributed by atoms with Gasteiger partial charge in [-0.15, -0.1) is 0 Å². The van der Waals surface area contributed by atoms with E-state index in [1.807, 2.05) is 6.07 Å². The van der Waals surface area contributed by atoms with Crippen LogP contribution in [0.15, 0.2) is 36.7 Å². The van der Waals surface area contributed by atoms with Crippen LogP contribution in [-0.4, -0.2) is 57.7 Å². The molecule has 5 rings (SSSR count). The summed E-state index contributed by atoms with van der Waals surface area (Å²) < 4.78 is 7.67. The van der Waals surface area contributed by atoms with Crippen LogP contribution < -0.4 is 16.0 Å². The zero-order valence-corrected chi connectivity index (χ0v) is 22.2. The number of hydrogen-bond acceptors (Lipinski definition) is 7. The predicted molar refractivity (Wildman–Crippen MR) is 148 cm³/mol. The minimum atomic E-state index is -0.693. The molecule has 10 heteroatoms. The standard InChI is InChI=1S/C28H37N7O3/c1-3-33(4-2)20-11-9-10-19(16-20)23-12-5-7-14-34(23)28(37)27(36)32-22-18-30-26(29)21-17-31-35(25(21)22)24-13-6-8-15-38-24/h9-11,16-18,23-24H,3-8,12-15H2,1-2H3,(H2,29,30)(H,32,36). The van der Waals surface area contributed by atoms with Crippen molar-refractivity contribution in [3.63, 3.8) is 0 Å². The Hall–Kier alpha value is -3.66. The molecule has 0 spiro atoms. The number of nitrogens with one attached hydrogen (secondary N) is 1. The van der Waals surface area contributed by atoms with Crippen LogP contribution in [0.5, 0.6) is 0 Å². The van der Waals surface area contributed by atoms with Crippen molar-refractivity contribution < 1.29 is 14.3 Å². The molecule has 0 saturated carbocycles. The smallest absolute Gasteiger partial charge is 0.314 e. The van der Waals surface area contributed by atoms with Gasteiger partial charge in [-0.05, 0) is 70.1 Å². The minimum Gasteiger partial charge on any atom is -0.383 e. The Morgan fingerprint density at radius 3 is 2.71 bits per heavy atom. The molecule has 2 atom stereocenters. The quantitative estimate of drug-likeness (QED) is 0.467. The summed E-state index contributed by atoms with van der Waals surface area (Å²) in [6.07, 6.45) is 8.42.